The molecule has 162 valence electrons. The number of hydrogen-bond donors (Lipinski definition) is 1. The Morgan fingerprint density at radius 2 is 1.26 bits per heavy atom. The zero-order valence-corrected chi connectivity index (χ0v) is 21.8. The molecule has 0 bridgehead atoms. The van der Waals surface area contributed by atoms with Gasteiger partial charge < -0.3 is 15.0 Å². The molecule has 0 heterocycles. The zero-order valence-electron chi connectivity index (χ0n) is 19.0. The van der Waals surface area contributed by atoms with Crippen LogP contribution in [0.4, 0.5) is 0 Å². The van der Waals surface area contributed by atoms with E-state index in [-0.39, 0.29) is 6.04 Å². The van der Waals surface area contributed by atoms with Crippen molar-refractivity contribution >= 4 is 31.7 Å². The number of rotatable bonds is 13. The number of carboxylic acids is 2. The van der Waals surface area contributed by atoms with E-state index in [2.05, 4.69) is 16.8 Å². The standard InChI is InChI=1S/C12H25.C5H11NO2.C2H4O2.2CH3.Sn/c1-3-5-7-9-11-12-10-8-6-4-2;1-4(5(7)8)6(2)3;1-2(3)4;;;/h1,3-12H2,2H3;4H,1-3H3,(H,7,8);1H3,(H,3,4);2*1H3;/q;;;;;+1/p-1. The van der Waals surface area contributed by atoms with E-state index >= 15 is 0 Å². The summed E-state index contributed by atoms with van der Waals surface area (Å²) in [7, 11) is 3.47. The van der Waals surface area contributed by atoms with Gasteiger partial charge >= 0.3 is 111 Å². The topological polar surface area (TPSA) is 80.7 Å². The molecule has 0 aromatic heterocycles. The predicted octanol–water partition coefficient (Wildman–Crippen LogP) is 4.44. The Bertz CT molecular complexity index is 332. The van der Waals surface area contributed by atoms with Gasteiger partial charge in [-0.25, -0.2) is 0 Å². The molecular formula is C21H45NO4Sn. The van der Waals surface area contributed by atoms with Crippen LogP contribution in [-0.4, -0.2) is 61.8 Å². The van der Waals surface area contributed by atoms with Gasteiger partial charge in [0.2, 0.25) is 0 Å². The van der Waals surface area contributed by atoms with Crippen molar-refractivity contribution in [2.24, 2.45) is 0 Å². The maximum atomic E-state index is 10.1. The van der Waals surface area contributed by atoms with Gasteiger partial charge in [-0.3, -0.25) is 9.69 Å². The average molecular weight is 494 g/mol. The van der Waals surface area contributed by atoms with Gasteiger partial charge in [-0.2, -0.15) is 0 Å². The minimum absolute atomic E-state index is 0.380. The number of carbonyl (C=O) groups excluding carboxylic acids is 1. The number of likely N-dealkylation sites (N-methyl/N-ethyl adjacent to an activating group) is 1. The van der Waals surface area contributed by atoms with Crippen molar-refractivity contribution in [3.8, 4) is 0 Å². The van der Waals surface area contributed by atoms with Gasteiger partial charge in [0.25, 0.3) is 0 Å². The molecular weight excluding hydrogens is 449 g/mol. The Kier molecular flexibility index (Phi) is 27.6. The SMILES string of the molecule is CC(=O)[O-].CC(C(=O)O)N(C)C.CCCCCCCCCCC[CH2][Sn+]([CH3])[CH3]. The van der Waals surface area contributed by atoms with Crippen molar-refractivity contribution in [3.05, 3.63) is 0 Å². The summed E-state index contributed by atoms with van der Waals surface area (Å²) in [6.07, 6.45) is 14.8. The van der Waals surface area contributed by atoms with Crippen LogP contribution in [0.25, 0.3) is 0 Å². The molecule has 0 spiro atoms. The van der Waals surface area contributed by atoms with Gasteiger partial charge in [-0.05, 0) is 27.9 Å². The second-order valence-electron chi connectivity index (χ2n) is 7.61. The van der Waals surface area contributed by atoms with Crippen LogP contribution in [-0.2, 0) is 9.59 Å². The van der Waals surface area contributed by atoms with Crippen LogP contribution in [0.5, 0.6) is 0 Å². The summed E-state index contributed by atoms with van der Waals surface area (Å²) in [4.78, 5) is 25.7. The number of hydrogen-bond acceptors (Lipinski definition) is 4. The first-order chi connectivity index (χ1) is 12.6. The molecule has 5 nitrogen and oxygen atoms in total. The fourth-order valence-corrected chi connectivity index (χ4v) is 4.92. The van der Waals surface area contributed by atoms with E-state index in [1.807, 2.05) is 0 Å². The van der Waals surface area contributed by atoms with Gasteiger partial charge in [-0.15, -0.1) is 0 Å². The molecule has 0 aromatic carbocycles. The number of carbonyl (C=O) groups is 2. The minimum atomic E-state index is -1.08. The first-order valence-corrected chi connectivity index (χ1v) is 18.1. The summed E-state index contributed by atoms with van der Waals surface area (Å²) in [6.45, 7) is 4.90. The van der Waals surface area contributed by atoms with E-state index in [9.17, 15) is 4.79 Å². The third-order valence-corrected chi connectivity index (χ3v) is 8.03. The van der Waals surface area contributed by atoms with Gasteiger partial charge in [0.05, 0.1) is 0 Å². The Morgan fingerprint density at radius 1 is 0.926 bits per heavy atom. The average Bonchev–Trinajstić information content (AvgIpc) is 2.55. The Labute approximate surface area is 175 Å². The summed E-state index contributed by atoms with van der Waals surface area (Å²) in [6, 6.07) is -0.380. The molecule has 1 N–H and O–H groups in total. The summed E-state index contributed by atoms with van der Waals surface area (Å²) in [5.74, 6) is -1.87. The monoisotopic (exact) mass is 495 g/mol. The van der Waals surface area contributed by atoms with Crippen LogP contribution < -0.4 is 5.11 Å². The Balaban J connectivity index is -0.000000400. The van der Waals surface area contributed by atoms with Gasteiger partial charge in [0.15, 0.2) is 0 Å². The van der Waals surface area contributed by atoms with Gasteiger partial charge in [0.1, 0.15) is 6.04 Å². The number of nitrogens with zero attached hydrogens (tertiary/aromatic N) is 1. The Morgan fingerprint density at radius 3 is 1.48 bits per heavy atom. The fourth-order valence-electron chi connectivity index (χ4n) is 2.19. The first kappa shape index (κ1) is 31.4. The molecule has 0 rings (SSSR count). The van der Waals surface area contributed by atoms with Crippen LogP contribution in [0.1, 0.15) is 85.0 Å². The van der Waals surface area contributed by atoms with Crippen molar-refractivity contribution < 1.29 is 19.8 Å². The molecule has 0 amide bonds. The van der Waals surface area contributed by atoms with Crippen molar-refractivity contribution in [1.29, 1.82) is 0 Å². The quantitative estimate of drug-likeness (QED) is 0.303. The predicted molar refractivity (Wildman–Crippen MR) is 116 cm³/mol. The maximum absolute atomic E-state index is 10.1. The van der Waals surface area contributed by atoms with E-state index < -0.39 is 31.7 Å². The molecule has 0 aromatic rings. The van der Waals surface area contributed by atoms with Gasteiger partial charge in [-0.1, -0.05) is 0 Å². The summed E-state index contributed by atoms with van der Waals surface area (Å²) in [5, 5.41) is 17.2. The summed E-state index contributed by atoms with van der Waals surface area (Å²) >= 11 is -0.727. The first-order valence-electron chi connectivity index (χ1n) is 10.4. The summed E-state index contributed by atoms with van der Waals surface area (Å²) < 4.78 is 1.62. The third kappa shape index (κ3) is 37.2. The van der Waals surface area contributed by atoms with Crippen LogP contribution in [0.15, 0.2) is 0 Å². The van der Waals surface area contributed by atoms with Crippen molar-refractivity contribution in [1.82, 2.24) is 4.90 Å². The number of carboxylic acid groups (broad SMARTS) is 2. The van der Waals surface area contributed by atoms with Crippen LogP contribution >= 0.6 is 0 Å². The van der Waals surface area contributed by atoms with E-state index in [1.165, 1.54) is 64.2 Å². The molecule has 27 heavy (non-hydrogen) atoms. The second-order valence-corrected chi connectivity index (χ2v) is 15.9. The van der Waals surface area contributed by atoms with E-state index in [4.69, 9.17) is 15.0 Å². The molecule has 0 aliphatic rings. The molecule has 6 heteroatoms. The van der Waals surface area contributed by atoms with E-state index in [0.29, 0.717) is 0 Å². The van der Waals surface area contributed by atoms with Crippen LogP contribution in [0, 0.1) is 0 Å². The van der Waals surface area contributed by atoms with Crippen molar-refractivity contribution in [2.45, 2.75) is 105 Å². The van der Waals surface area contributed by atoms with Crippen LogP contribution in [0.2, 0.25) is 14.3 Å². The molecule has 0 aliphatic heterocycles. The third-order valence-electron chi connectivity index (χ3n) is 4.16. The molecule has 0 fully saturated rings. The van der Waals surface area contributed by atoms with Crippen molar-refractivity contribution in [2.75, 3.05) is 14.1 Å². The number of unbranched alkanes of at least 4 members (excludes halogenated alkanes) is 9. The number of aliphatic carboxylic acids is 2. The second kappa shape index (κ2) is 23.7. The zero-order chi connectivity index (χ0) is 21.7. The summed E-state index contributed by atoms with van der Waals surface area (Å²) in [5.41, 5.74) is 0. The molecule has 0 saturated carbocycles. The van der Waals surface area contributed by atoms with Crippen LogP contribution in [0.3, 0.4) is 0 Å². The van der Waals surface area contributed by atoms with E-state index in [0.717, 1.165) is 6.92 Å². The molecule has 0 saturated heterocycles. The molecule has 1 atom stereocenters. The molecule has 0 radical (unpaired) electrons. The Hall–Kier alpha value is -0.301. The van der Waals surface area contributed by atoms with E-state index in [1.54, 1.807) is 30.4 Å². The molecule has 1 unspecified atom stereocenters. The molecule has 0 aliphatic carbocycles. The van der Waals surface area contributed by atoms with Crippen molar-refractivity contribution in [3.63, 3.8) is 0 Å². The normalized spacial score (nSPS) is 11.0. The fraction of sp³-hybridized carbons (Fsp3) is 0.905. The van der Waals surface area contributed by atoms with Gasteiger partial charge in [0, 0.05) is 5.97 Å².